The van der Waals surface area contributed by atoms with Crippen molar-refractivity contribution in [2.75, 3.05) is 19.0 Å². The third kappa shape index (κ3) is 8.30. The smallest absolute Gasteiger partial charge is 0.257 e. The zero-order chi connectivity index (χ0) is 24.6. The maximum atomic E-state index is 12.3. The Balaban J connectivity index is 1.76. The second-order valence-corrected chi connectivity index (χ2v) is 10.7. The monoisotopic (exact) mass is 529 g/mol. The fraction of sp³-hybridized carbons (Fsp3) is 0.478. The highest BCUT2D eigenvalue weighted by atomic mass is 35.5. The summed E-state index contributed by atoms with van der Waals surface area (Å²) >= 11 is 12.3. The molecule has 0 radical (unpaired) electrons. The van der Waals surface area contributed by atoms with Crippen LogP contribution >= 0.6 is 23.2 Å². The molecular weight excluding hydrogens is 501 g/mol. The van der Waals surface area contributed by atoms with Crippen molar-refractivity contribution in [3.05, 3.63) is 51.6 Å². The van der Waals surface area contributed by atoms with Crippen molar-refractivity contribution < 1.29 is 22.7 Å². The van der Waals surface area contributed by atoms with E-state index in [0.717, 1.165) is 31.2 Å². The zero-order valence-electron chi connectivity index (χ0n) is 19.0. The maximum Gasteiger partial charge on any atom is 0.257 e. The van der Waals surface area contributed by atoms with Gasteiger partial charge in [0.05, 0.1) is 31.2 Å². The van der Waals surface area contributed by atoms with Crippen LogP contribution in [0.3, 0.4) is 0 Å². The second kappa shape index (κ2) is 12.6. The van der Waals surface area contributed by atoms with Gasteiger partial charge in [-0.25, -0.2) is 13.1 Å². The molecular formula is C23H29Cl2N3O5S. The number of aromatic nitrogens is 2. The molecule has 8 nitrogen and oxygen atoms in total. The van der Waals surface area contributed by atoms with Crippen LogP contribution in [0.1, 0.15) is 50.3 Å². The fourth-order valence-corrected chi connectivity index (χ4v) is 4.97. The molecule has 0 bridgehead atoms. The Morgan fingerprint density at radius 2 is 2.03 bits per heavy atom. The summed E-state index contributed by atoms with van der Waals surface area (Å²) in [6.45, 7) is 3.55. The van der Waals surface area contributed by atoms with E-state index in [1.54, 1.807) is 28.9 Å². The Labute approximate surface area is 210 Å². The van der Waals surface area contributed by atoms with E-state index in [1.165, 1.54) is 12.2 Å². The predicted molar refractivity (Wildman–Crippen MR) is 133 cm³/mol. The molecule has 1 aromatic carbocycles. The van der Waals surface area contributed by atoms with Crippen LogP contribution in [0.4, 0.5) is 0 Å². The third-order valence-corrected chi connectivity index (χ3v) is 7.18. The van der Waals surface area contributed by atoms with Crippen LogP contribution in [-0.2, 0) is 26.1 Å². The lowest BCUT2D eigenvalue weighted by molar-refractivity contribution is -0.114. The highest BCUT2D eigenvalue weighted by Gasteiger charge is 2.18. The van der Waals surface area contributed by atoms with Crippen molar-refractivity contribution in [2.45, 2.75) is 51.7 Å². The van der Waals surface area contributed by atoms with Gasteiger partial charge in [0.2, 0.25) is 15.9 Å². The van der Waals surface area contributed by atoms with E-state index in [9.17, 15) is 13.2 Å². The predicted octanol–water partition coefficient (Wildman–Crippen LogP) is 4.45. The summed E-state index contributed by atoms with van der Waals surface area (Å²) in [6.07, 6.45) is 6.38. The quantitative estimate of drug-likeness (QED) is 0.341. The molecule has 34 heavy (non-hydrogen) atoms. The number of halogens is 2. The first-order valence-corrected chi connectivity index (χ1v) is 13.7. The molecule has 0 saturated carbocycles. The standard InChI is InChI=1S/C23H29Cl2N3O5S/c1-2-3-4-13-34(30,31)27-22(29)8-7-19-15-23(33-20-9-11-32-12-10-20)26-28(19)16-17-5-6-18(24)14-21(17)25/h5-8,14-15,20H,2-4,9-13,16H2,1H3,(H,27,29). The van der Waals surface area contributed by atoms with Crippen molar-refractivity contribution in [1.29, 1.82) is 0 Å². The van der Waals surface area contributed by atoms with Gasteiger partial charge in [-0.2, -0.15) is 0 Å². The molecule has 11 heteroatoms. The molecule has 1 N–H and O–H groups in total. The van der Waals surface area contributed by atoms with E-state index in [0.29, 0.717) is 47.8 Å². The Hall–Kier alpha value is -2.07. The number of ether oxygens (including phenoxy) is 2. The number of benzene rings is 1. The van der Waals surface area contributed by atoms with Gasteiger partial charge < -0.3 is 9.47 Å². The molecule has 1 fully saturated rings. The van der Waals surface area contributed by atoms with E-state index in [-0.39, 0.29) is 11.9 Å². The Morgan fingerprint density at radius 1 is 1.26 bits per heavy atom. The van der Waals surface area contributed by atoms with Crippen LogP contribution < -0.4 is 9.46 Å². The van der Waals surface area contributed by atoms with Crippen LogP contribution in [0.2, 0.25) is 10.0 Å². The van der Waals surface area contributed by atoms with Crippen molar-refractivity contribution in [1.82, 2.24) is 14.5 Å². The van der Waals surface area contributed by atoms with Crippen LogP contribution in [0, 0.1) is 0 Å². The number of unbranched alkanes of at least 4 members (excludes halogenated alkanes) is 2. The highest BCUT2D eigenvalue weighted by Crippen LogP contribution is 2.24. The topological polar surface area (TPSA) is 99.5 Å². The molecule has 3 rings (SSSR count). The molecule has 1 saturated heterocycles. The van der Waals surface area contributed by atoms with Crippen LogP contribution in [0.25, 0.3) is 6.08 Å². The Morgan fingerprint density at radius 3 is 2.74 bits per heavy atom. The van der Waals surface area contributed by atoms with Gasteiger partial charge in [0, 0.05) is 35.0 Å². The van der Waals surface area contributed by atoms with E-state index < -0.39 is 15.9 Å². The van der Waals surface area contributed by atoms with E-state index in [2.05, 4.69) is 9.82 Å². The number of carbonyl (C=O) groups excluding carboxylic acids is 1. The van der Waals surface area contributed by atoms with Crippen molar-refractivity contribution in [3.8, 4) is 5.88 Å². The van der Waals surface area contributed by atoms with E-state index in [1.807, 2.05) is 6.92 Å². The number of hydrogen-bond donors (Lipinski definition) is 1. The van der Waals surface area contributed by atoms with Crippen LogP contribution in [0.15, 0.2) is 30.3 Å². The van der Waals surface area contributed by atoms with Gasteiger partial charge in [-0.1, -0.05) is 49.0 Å². The molecule has 186 valence electrons. The molecule has 2 aromatic rings. The molecule has 0 aliphatic carbocycles. The lowest BCUT2D eigenvalue weighted by Gasteiger charge is -2.21. The number of carbonyl (C=O) groups is 1. The summed E-state index contributed by atoms with van der Waals surface area (Å²) in [4.78, 5) is 12.3. The minimum Gasteiger partial charge on any atom is -0.473 e. The number of rotatable bonds is 11. The van der Waals surface area contributed by atoms with E-state index in [4.69, 9.17) is 32.7 Å². The summed E-state index contributed by atoms with van der Waals surface area (Å²) in [7, 11) is -3.68. The highest BCUT2D eigenvalue weighted by molar-refractivity contribution is 7.90. The first kappa shape index (κ1) is 26.5. The first-order chi connectivity index (χ1) is 16.3. The van der Waals surface area contributed by atoms with Crippen LogP contribution in [-0.4, -0.2) is 49.2 Å². The van der Waals surface area contributed by atoms with Gasteiger partial charge in [-0.15, -0.1) is 5.10 Å². The van der Waals surface area contributed by atoms with Crippen molar-refractivity contribution in [2.24, 2.45) is 0 Å². The molecule has 0 spiro atoms. The maximum absolute atomic E-state index is 12.3. The summed E-state index contributed by atoms with van der Waals surface area (Å²) in [5.74, 6) is -0.402. The van der Waals surface area contributed by atoms with Gasteiger partial charge in [0.25, 0.3) is 5.91 Å². The molecule has 2 heterocycles. The SMILES string of the molecule is CCCCCS(=O)(=O)NC(=O)C=Cc1cc(OC2CCOCC2)nn1Cc1ccc(Cl)cc1Cl. The molecule has 1 aliphatic rings. The largest absolute Gasteiger partial charge is 0.473 e. The molecule has 1 aliphatic heterocycles. The number of sulfonamides is 1. The average Bonchev–Trinajstić information content (AvgIpc) is 3.15. The third-order valence-electron chi connectivity index (χ3n) is 5.26. The average molecular weight is 530 g/mol. The minimum absolute atomic E-state index is 0.00962. The lowest BCUT2D eigenvalue weighted by atomic mass is 10.2. The molecule has 0 atom stereocenters. The Kier molecular flexibility index (Phi) is 9.82. The van der Waals surface area contributed by atoms with Gasteiger partial charge >= 0.3 is 0 Å². The number of nitrogens with one attached hydrogen (secondary N) is 1. The summed E-state index contributed by atoms with van der Waals surface area (Å²) in [5.41, 5.74) is 1.34. The van der Waals surface area contributed by atoms with Crippen molar-refractivity contribution >= 4 is 45.2 Å². The first-order valence-electron chi connectivity index (χ1n) is 11.2. The second-order valence-electron chi connectivity index (χ2n) is 8.06. The lowest BCUT2D eigenvalue weighted by Crippen LogP contribution is -2.31. The van der Waals surface area contributed by atoms with Gasteiger partial charge in [-0.05, 0) is 30.2 Å². The summed E-state index contributed by atoms with van der Waals surface area (Å²) in [6, 6.07) is 6.89. The Bertz CT molecular complexity index is 1110. The molecule has 1 amide bonds. The van der Waals surface area contributed by atoms with Gasteiger partial charge in [-0.3, -0.25) is 9.48 Å². The minimum atomic E-state index is -3.68. The molecule has 0 unspecified atom stereocenters. The fourth-order valence-electron chi connectivity index (χ4n) is 3.44. The normalized spacial score (nSPS) is 15.0. The number of nitrogens with zero attached hydrogens (tertiary/aromatic N) is 2. The molecule has 1 aromatic heterocycles. The zero-order valence-corrected chi connectivity index (χ0v) is 21.3. The number of hydrogen-bond acceptors (Lipinski definition) is 6. The van der Waals surface area contributed by atoms with Crippen molar-refractivity contribution in [3.63, 3.8) is 0 Å². The van der Waals surface area contributed by atoms with Gasteiger partial charge in [0.15, 0.2) is 0 Å². The summed E-state index contributed by atoms with van der Waals surface area (Å²) < 4.78 is 39.3. The van der Waals surface area contributed by atoms with E-state index >= 15 is 0 Å². The van der Waals surface area contributed by atoms with Crippen LogP contribution in [0.5, 0.6) is 5.88 Å². The summed E-state index contributed by atoms with van der Waals surface area (Å²) in [5, 5.41) is 5.54. The number of amides is 1. The van der Waals surface area contributed by atoms with Gasteiger partial charge in [0.1, 0.15) is 6.10 Å².